The number of ether oxygens (including phenoxy) is 5. The molecule has 0 bridgehead atoms. The van der Waals surface area contributed by atoms with Crippen molar-refractivity contribution in [2.24, 2.45) is 11.8 Å². The first-order valence-corrected chi connectivity index (χ1v) is 17.2. The van der Waals surface area contributed by atoms with E-state index in [0.29, 0.717) is 19.4 Å². The highest BCUT2D eigenvalue weighted by molar-refractivity contribution is 5.76. The molecule has 0 aliphatic carbocycles. The van der Waals surface area contributed by atoms with Crippen molar-refractivity contribution in [2.75, 3.05) is 34.3 Å². The van der Waals surface area contributed by atoms with E-state index in [1.807, 2.05) is 44.8 Å². The van der Waals surface area contributed by atoms with Crippen molar-refractivity contribution in [3.05, 3.63) is 0 Å². The highest BCUT2D eigenvalue weighted by atomic mass is 16.7. The molecule has 4 N–H and O–H groups in total. The average Bonchev–Trinajstić information content (AvgIpc) is 3.00. The normalized spacial score (nSPS) is 41.0. The molecule has 12 atom stereocenters. The van der Waals surface area contributed by atoms with Gasteiger partial charge in [0.05, 0.1) is 37.2 Å². The summed E-state index contributed by atoms with van der Waals surface area (Å²) in [5.74, 6) is -5.88. The second-order valence-corrected chi connectivity index (χ2v) is 14.7. The van der Waals surface area contributed by atoms with Gasteiger partial charge in [-0.05, 0) is 87.4 Å². The molecule has 0 aromatic rings. The minimum Gasteiger partial charge on any atom is -0.481 e. The van der Waals surface area contributed by atoms with E-state index in [4.69, 9.17) is 28.8 Å². The lowest BCUT2D eigenvalue weighted by atomic mass is 9.85. The SMILES string of the molecule is CC[C@H]1OC(=O)[C@H](C)C(O)(CC)OC(C)(CO[C@@H]2O[C@H](C)C[C@H](N(C)C)C2OC(=O)CCC(=O)O)C[C@@H](C)CN(C)[C@H](C)[C@@H](O)[C@]1(C)O. The van der Waals surface area contributed by atoms with E-state index in [0.717, 1.165) is 0 Å². The van der Waals surface area contributed by atoms with Crippen LogP contribution in [-0.2, 0) is 38.1 Å². The molecule has 0 aromatic carbocycles. The van der Waals surface area contributed by atoms with Crippen molar-refractivity contribution in [1.29, 1.82) is 0 Å². The zero-order valence-corrected chi connectivity index (χ0v) is 30.8. The summed E-state index contributed by atoms with van der Waals surface area (Å²) in [6.07, 6.45) is -4.07. The third-order valence-electron chi connectivity index (χ3n) is 9.99. The first-order chi connectivity index (χ1) is 22.1. The maximum absolute atomic E-state index is 13.5. The topological polar surface area (TPSA) is 185 Å². The van der Waals surface area contributed by atoms with Crippen LogP contribution in [0.1, 0.15) is 93.9 Å². The van der Waals surface area contributed by atoms with Gasteiger partial charge in [-0.3, -0.25) is 14.4 Å². The Morgan fingerprint density at radius 3 is 2.25 bits per heavy atom. The van der Waals surface area contributed by atoms with Crippen molar-refractivity contribution in [1.82, 2.24) is 9.80 Å². The van der Waals surface area contributed by atoms with E-state index >= 15 is 0 Å². The number of carbonyl (C=O) groups excluding carboxylic acids is 2. The summed E-state index contributed by atoms with van der Waals surface area (Å²) >= 11 is 0. The van der Waals surface area contributed by atoms with Gasteiger partial charge in [0.1, 0.15) is 23.7 Å². The van der Waals surface area contributed by atoms with Gasteiger partial charge in [0.25, 0.3) is 0 Å². The second-order valence-electron chi connectivity index (χ2n) is 14.7. The Labute approximate surface area is 286 Å². The summed E-state index contributed by atoms with van der Waals surface area (Å²) in [4.78, 5) is 41.1. The number of carboxylic acid groups (broad SMARTS) is 1. The highest BCUT2D eigenvalue weighted by Crippen LogP contribution is 2.37. The van der Waals surface area contributed by atoms with Gasteiger partial charge in [-0.25, -0.2) is 0 Å². The molecule has 14 nitrogen and oxygen atoms in total. The molecule has 2 aliphatic heterocycles. The zero-order valence-electron chi connectivity index (χ0n) is 30.8. The van der Waals surface area contributed by atoms with Crippen LogP contribution in [0.25, 0.3) is 0 Å². The average molecular weight is 691 g/mol. The van der Waals surface area contributed by atoms with Crippen LogP contribution in [0, 0.1) is 11.8 Å². The van der Waals surface area contributed by atoms with Gasteiger partial charge in [-0.15, -0.1) is 0 Å². The molecule has 0 amide bonds. The maximum Gasteiger partial charge on any atom is 0.314 e. The maximum atomic E-state index is 13.5. The number of aliphatic carboxylic acids is 1. The predicted molar refractivity (Wildman–Crippen MR) is 176 cm³/mol. The number of carboxylic acids is 1. The summed E-state index contributed by atoms with van der Waals surface area (Å²) < 4.78 is 30.6. The Morgan fingerprint density at radius 2 is 1.71 bits per heavy atom. The number of aliphatic hydroxyl groups is 3. The van der Waals surface area contributed by atoms with Crippen molar-refractivity contribution in [3.63, 3.8) is 0 Å². The van der Waals surface area contributed by atoms with Gasteiger partial charge < -0.3 is 53.9 Å². The lowest BCUT2D eigenvalue weighted by molar-refractivity contribution is -0.320. The molecule has 2 rings (SSSR count). The molecule has 2 saturated heterocycles. The molecule has 2 heterocycles. The van der Waals surface area contributed by atoms with Crippen LogP contribution in [0.4, 0.5) is 0 Å². The van der Waals surface area contributed by atoms with Gasteiger partial charge >= 0.3 is 17.9 Å². The number of rotatable bonds is 10. The predicted octanol–water partition coefficient (Wildman–Crippen LogP) is 2.15. The van der Waals surface area contributed by atoms with Crippen molar-refractivity contribution >= 4 is 17.9 Å². The molecule has 0 spiro atoms. The largest absolute Gasteiger partial charge is 0.481 e. The number of likely N-dealkylation sites (N-methyl/N-ethyl adjacent to an activating group) is 2. The lowest BCUT2D eigenvalue weighted by Crippen LogP contribution is -2.60. The molecule has 2 aliphatic rings. The highest BCUT2D eigenvalue weighted by Gasteiger charge is 2.50. The minimum atomic E-state index is -2.00. The quantitative estimate of drug-likeness (QED) is 0.245. The molecule has 0 aromatic heterocycles. The van der Waals surface area contributed by atoms with Gasteiger partial charge in [0, 0.05) is 12.6 Å². The number of carbonyl (C=O) groups is 3. The fraction of sp³-hybridized carbons (Fsp3) is 0.912. The lowest BCUT2D eigenvalue weighted by Gasteiger charge is -2.47. The van der Waals surface area contributed by atoms with Gasteiger partial charge in [-0.1, -0.05) is 20.8 Å². The molecular formula is C34H62N2O12. The monoisotopic (exact) mass is 690 g/mol. The number of hydrogen-bond acceptors (Lipinski definition) is 13. The minimum absolute atomic E-state index is 0.0173. The van der Waals surface area contributed by atoms with Crippen molar-refractivity contribution < 1.29 is 58.5 Å². The Kier molecular flexibility index (Phi) is 15.3. The van der Waals surface area contributed by atoms with E-state index in [-0.39, 0.29) is 50.4 Å². The number of aliphatic hydroxyl groups excluding tert-OH is 1. The summed E-state index contributed by atoms with van der Waals surface area (Å²) in [6.45, 7) is 14.2. The number of nitrogens with zero attached hydrogens (tertiary/aromatic N) is 2. The van der Waals surface area contributed by atoms with Gasteiger partial charge in [-0.2, -0.15) is 0 Å². The Balaban J connectivity index is 2.49. The van der Waals surface area contributed by atoms with E-state index in [2.05, 4.69) is 0 Å². The zero-order chi connectivity index (χ0) is 36.8. The van der Waals surface area contributed by atoms with Crippen molar-refractivity contribution in [2.45, 2.75) is 154 Å². The first-order valence-electron chi connectivity index (χ1n) is 17.2. The Bertz CT molecular complexity index is 1070. The van der Waals surface area contributed by atoms with Crippen LogP contribution in [0.2, 0.25) is 0 Å². The van der Waals surface area contributed by atoms with E-state index in [1.54, 1.807) is 27.7 Å². The molecular weight excluding hydrogens is 628 g/mol. The summed E-state index contributed by atoms with van der Waals surface area (Å²) in [6, 6.07) is -0.806. The van der Waals surface area contributed by atoms with E-state index in [1.165, 1.54) is 13.8 Å². The standard InChI is InChI=1S/C34H62N2O12/c1-12-25-33(8,42)29(40)23(6)36(11)18-20(3)17-32(7,48-34(43,13-2)22(5)30(41)46-25)19-44-31-28(47-27(39)15-14-26(37)38)24(35(9)10)16-21(4)45-31/h20-25,28-29,31,40,42-43H,12-19H2,1-11H3,(H,37,38)/t20-,21-,22+,23-,24+,25-,28?,29-,31-,32?,33-,34?/m1/s1. The van der Waals surface area contributed by atoms with Crippen LogP contribution in [0.15, 0.2) is 0 Å². The van der Waals surface area contributed by atoms with Crippen LogP contribution < -0.4 is 0 Å². The molecule has 14 heteroatoms. The fourth-order valence-corrected chi connectivity index (χ4v) is 6.91. The van der Waals surface area contributed by atoms with Gasteiger partial charge in [0.2, 0.25) is 0 Å². The summed E-state index contributed by atoms with van der Waals surface area (Å²) in [7, 11) is 5.53. The third-order valence-corrected chi connectivity index (χ3v) is 9.99. The Hall–Kier alpha value is -1.91. The molecule has 280 valence electrons. The number of cyclic esters (lactones) is 1. The third kappa shape index (κ3) is 10.8. The number of esters is 2. The number of hydrogen-bond donors (Lipinski definition) is 4. The second kappa shape index (κ2) is 17.3. The molecule has 0 saturated carbocycles. The van der Waals surface area contributed by atoms with Gasteiger partial charge in [0.15, 0.2) is 18.2 Å². The Morgan fingerprint density at radius 1 is 1.08 bits per heavy atom. The molecule has 48 heavy (non-hydrogen) atoms. The van der Waals surface area contributed by atoms with E-state index in [9.17, 15) is 29.7 Å². The first kappa shape index (κ1) is 42.3. The van der Waals surface area contributed by atoms with Crippen LogP contribution in [0.5, 0.6) is 0 Å². The van der Waals surface area contributed by atoms with Crippen LogP contribution in [-0.4, -0.2) is 142 Å². The van der Waals surface area contributed by atoms with Crippen LogP contribution in [0.3, 0.4) is 0 Å². The van der Waals surface area contributed by atoms with Crippen LogP contribution >= 0.6 is 0 Å². The molecule has 2 fully saturated rings. The fourth-order valence-electron chi connectivity index (χ4n) is 6.91. The van der Waals surface area contributed by atoms with Crippen molar-refractivity contribution in [3.8, 4) is 0 Å². The molecule has 0 radical (unpaired) electrons. The summed E-state index contributed by atoms with van der Waals surface area (Å²) in [5.41, 5.74) is -2.98. The summed E-state index contributed by atoms with van der Waals surface area (Å²) in [5, 5.41) is 43.6. The molecule has 3 unspecified atom stereocenters. The smallest absolute Gasteiger partial charge is 0.314 e. The van der Waals surface area contributed by atoms with E-state index < -0.39 is 71.5 Å².